The van der Waals surface area contributed by atoms with E-state index in [4.69, 9.17) is 5.11 Å². The van der Waals surface area contributed by atoms with E-state index in [-0.39, 0.29) is 17.0 Å². The third-order valence-electron chi connectivity index (χ3n) is 5.88. The number of nitrogens with zero attached hydrogens (tertiary/aromatic N) is 1. The first kappa shape index (κ1) is 30.0. The molecule has 35 heavy (non-hydrogen) atoms. The van der Waals surface area contributed by atoms with Crippen LogP contribution in [-0.2, 0) is 4.79 Å². The number of carboxylic acid groups (broad SMARTS) is 1. The summed E-state index contributed by atoms with van der Waals surface area (Å²) in [5, 5.41) is 19.3. The highest BCUT2D eigenvalue weighted by Crippen LogP contribution is 2.21. The average Bonchev–Trinajstić information content (AvgIpc) is 2.87. The maximum Gasteiger partial charge on any atom is 0.303 e. The number of hydrogen-bond acceptors (Lipinski definition) is 4. The standard InChI is InChI=1S/C16H32O2.C13H9NO3/c1-2-3-4-5-6-7-8-9-10-11-12-13-14-15-16(17)18;15-13(10-6-2-1-3-7-10)11-8-4-5-9-12(11)14(16)17/h2-15H2,1H3,(H,17,18);1-9H. The molecule has 2 rings (SSSR count). The van der Waals surface area contributed by atoms with Gasteiger partial charge in [0.2, 0.25) is 0 Å². The molecular weight excluding hydrogens is 442 g/mol. The van der Waals surface area contributed by atoms with Gasteiger partial charge in [-0.25, -0.2) is 0 Å². The Bertz CT molecular complexity index is 866. The number of unbranched alkanes of at least 4 members (excludes halogenated alkanes) is 12. The number of carbonyl (C=O) groups is 2. The second kappa shape index (κ2) is 19.3. The molecule has 0 unspecified atom stereocenters. The number of benzene rings is 2. The summed E-state index contributed by atoms with van der Waals surface area (Å²) in [7, 11) is 0. The van der Waals surface area contributed by atoms with E-state index in [2.05, 4.69) is 6.92 Å². The maximum absolute atomic E-state index is 12.1. The quantitative estimate of drug-likeness (QED) is 0.105. The van der Waals surface area contributed by atoms with E-state index in [0.29, 0.717) is 12.0 Å². The monoisotopic (exact) mass is 483 g/mol. The highest BCUT2D eigenvalue weighted by atomic mass is 16.6. The summed E-state index contributed by atoms with van der Waals surface area (Å²) in [6.07, 6.45) is 17.3. The fraction of sp³-hybridized carbons (Fsp3) is 0.517. The van der Waals surface area contributed by atoms with Gasteiger partial charge in [0.1, 0.15) is 5.56 Å². The Morgan fingerprint density at radius 2 is 1.17 bits per heavy atom. The SMILES string of the molecule is CCCCCCCCCCCCCCCC(=O)O.O=C(c1ccccc1)c1ccccc1[N+](=O)[O-]. The van der Waals surface area contributed by atoms with Gasteiger partial charge in [-0.05, 0) is 12.5 Å². The van der Waals surface area contributed by atoms with Gasteiger partial charge in [-0.1, -0.05) is 126 Å². The van der Waals surface area contributed by atoms with E-state index < -0.39 is 10.9 Å². The average molecular weight is 484 g/mol. The van der Waals surface area contributed by atoms with Crippen LogP contribution in [0.25, 0.3) is 0 Å². The van der Waals surface area contributed by atoms with Crippen LogP contribution in [0.15, 0.2) is 54.6 Å². The Balaban J connectivity index is 0.000000350. The number of ketones is 1. The number of nitro groups is 1. The molecule has 0 aromatic heterocycles. The third-order valence-corrected chi connectivity index (χ3v) is 5.88. The highest BCUT2D eigenvalue weighted by Gasteiger charge is 2.19. The molecule has 0 saturated heterocycles. The first-order chi connectivity index (χ1) is 17.0. The van der Waals surface area contributed by atoms with E-state index in [1.54, 1.807) is 42.5 Å². The predicted octanol–water partition coefficient (Wildman–Crippen LogP) is 8.38. The molecule has 2 aromatic rings. The Morgan fingerprint density at radius 3 is 1.66 bits per heavy atom. The Morgan fingerprint density at radius 1 is 0.714 bits per heavy atom. The van der Waals surface area contributed by atoms with Crippen LogP contribution < -0.4 is 0 Å². The minimum atomic E-state index is -0.655. The van der Waals surface area contributed by atoms with E-state index in [0.717, 1.165) is 12.8 Å². The Labute approximate surface area is 209 Å². The van der Waals surface area contributed by atoms with Gasteiger partial charge < -0.3 is 5.11 Å². The lowest BCUT2D eigenvalue weighted by Crippen LogP contribution is -2.04. The molecule has 192 valence electrons. The lowest BCUT2D eigenvalue weighted by Gasteiger charge is -2.02. The van der Waals surface area contributed by atoms with E-state index >= 15 is 0 Å². The predicted molar refractivity (Wildman–Crippen MR) is 141 cm³/mol. The minimum absolute atomic E-state index is 0.115. The molecule has 0 aliphatic carbocycles. The van der Waals surface area contributed by atoms with Crippen molar-refractivity contribution in [2.24, 2.45) is 0 Å². The second-order valence-electron chi connectivity index (χ2n) is 8.86. The van der Waals surface area contributed by atoms with Crippen molar-refractivity contribution in [3.05, 3.63) is 75.8 Å². The maximum atomic E-state index is 12.1. The van der Waals surface area contributed by atoms with Gasteiger partial charge in [0.25, 0.3) is 5.69 Å². The normalized spacial score (nSPS) is 10.3. The largest absolute Gasteiger partial charge is 0.481 e. The van der Waals surface area contributed by atoms with Crippen molar-refractivity contribution >= 4 is 17.4 Å². The highest BCUT2D eigenvalue weighted by molar-refractivity contribution is 6.11. The van der Waals surface area contributed by atoms with Gasteiger partial charge in [-0.2, -0.15) is 0 Å². The molecule has 0 heterocycles. The molecule has 0 aliphatic heterocycles. The number of nitro benzene ring substituents is 1. The molecule has 1 N–H and O–H groups in total. The topological polar surface area (TPSA) is 97.5 Å². The van der Waals surface area contributed by atoms with Gasteiger partial charge >= 0.3 is 5.97 Å². The summed E-state index contributed by atoms with van der Waals surface area (Å²) in [5.74, 6) is -0.990. The van der Waals surface area contributed by atoms with Crippen molar-refractivity contribution in [3.8, 4) is 0 Å². The van der Waals surface area contributed by atoms with Gasteiger partial charge in [0.05, 0.1) is 4.92 Å². The molecule has 0 amide bonds. The van der Waals surface area contributed by atoms with Crippen LogP contribution in [-0.4, -0.2) is 21.8 Å². The van der Waals surface area contributed by atoms with E-state index in [1.165, 1.54) is 82.8 Å². The molecule has 0 radical (unpaired) electrons. The summed E-state index contributed by atoms with van der Waals surface area (Å²) < 4.78 is 0. The lowest BCUT2D eigenvalue weighted by molar-refractivity contribution is -0.385. The van der Waals surface area contributed by atoms with Crippen molar-refractivity contribution < 1.29 is 19.6 Å². The zero-order valence-electron chi connectivity index (χ0n) is 21.1. The molecular formula is C29H41NO5. The number of aliphatic carboxylic acids is 1. The zero-order chi connectivity index (χ0) is 25.7. The van der Waals surface area contributed by atoms with Gasteiger partial charge in [0, 0.05) is 18.1 Å². The van der Waals surface area contributed by atoms with Crippen LogP contribution in [0.1, 0.15) is 113 Å². The molecule has 6 nitrogen and oxygen atoms in total. The van der Waals surface area contributed by atoms with Crippen LogP contribution in [0.2, 0.25) is 0 Å². The fourth-order valence-electron chi connectivity index (χ4n) is 3.86. The molecule has 6 heteroatoms. The van der Waals surface area contributed by atoms with Crippen LogP contribution in [0, 0.1) is 10.1 Å². The summed E-state index contributed by atoms with van der Waals surface area (Å²) in [6, 6.07) is 14.5. The summed E-state index contributed by atoms with van der Waals surface area (Å²) in [4.78, 5) is 32.6. The third kappa shape index (κ3) is 14.1. The molecule has 0 aliphatic rings. The Hall–Kier alpha value is -3.02. The fourth-order valence-corrected chi connectivity index (χ4v) is 3.86. The number of hydrogen-bond donors (Lipinski definition) is 1. The number of para-hydroxylation sites is 1. The molecule has 0 atom stereocenters. The van der Waals surface area contributed by atoms with Crippen molar-refractivity contribution in [2.75, 3.05) is 0 Å². The molecule has 2 aromatic carbocycles. The minimum Gasteiger partial charge on any atom is -0.481 e. The van der Waals surface area contributed by atoms with E-state index in [1.807, 2.05) is 0 Å². The van der Waals surface area contributed by atoms with Crippen molar-refractivity contribution in [2.45, 2.75) is 96.8 Å². The Kier molecular flexibility index (Phi) is 16.6. The second-order valence-corrected chi connectivity index (χ2v) is 8.86. The first-order valence-corrected chi connectivity index (χ1v) is 13.0. The molecule has 0 spiro atoms. The van der Waals surface area contributed by atoms with Crippen LogP contribution in [0.4, 0.5) is 5.69 Å². The van der Waals surface area contributed by atoms with Crippen molar-refractivity contribution in [3.63, 3.8) is 0 Å². The van der Waals surface area contributed by atoms with Crippen LogP contribution >= 0.6 is 0 Å². The number of carboxylic acids is 1. The van der Waals surface area contributed by atoms with Gasteiger partial charge in [-0.15, -0.1) is 0 Å². The number of carbonyl (C=O) groups excluding carboxylic acids is 1. The number of rotatable bonds is 17. The molecule has 0 saturated carbocycles. The zero-order valence-corrected chi connectivity index (χ0v) is 21.1. The smallest absolute Gasteiger partial charge is 0.303 e. The lowest BCUT2D eigenvalue weighted by atomic mass is 10.0. The molecule has 0 bridgehead atoms. The molecule has 0 fully saturated rings. The van der Waals surface area contributed by atoms with Gasteiger partial charge in [-0.3, -0.25) is 19.7 Å². The van der Waals surface area contributed by atoms with E-state index in [9.17, 15) is 19.7 Å². The van der Waals surface area contributed by atoms with Crippen LogP contribution in [0.5, 0.6) is 0 Å². The van der Waals surface area contributed by atoms with Crippen molar-refractivity contribution in [1.82, 2.24) is 0 Å². The van der Waals surface area contributed by atoms with Gasteiger partial charge in [0.15, 0.2) is 5.78 Å². The van der Waals surface area contributed by atoms with Crippen molar-refractivity contribution in [1.29, 1.82) is 0 Å². The van der Waals surface area contributed by atoms with Crippen LogP contribution in [0.3, 0.4) is 0 Å². The first-order valence-electron chi connectivity index (χ1n) is 13.0. The summed E-state index contributed by atoms with van der Waals surface area (Å²) in [5.41, 5.74) is 0.395. The summed E-state index contributed by atoms with van der Waals surface area (Å²) >= 11 is 0. The summed E-state index contributed by atoms with van der Waals surface area (Å²) in [6.45, 7) is 2.26.